The first kappa shape index (κ1) is 10.9. The number of ether oxygens (including phenoxy) is 2. The van der Waals surface area contributed by atoms with Gasteiger partial charge in [-0.1, -0.05) is 30.3 Å². The number of rotatable bonds is 6. The molecule has 3 nitrogen and oxygen atoms in total. The predicted octanol–water partition coefficient (Wildman–Crippen LogP) is 1.88. The summed E-state index contributed by atoms with van der Waals surface area (Å²) >= 11 is 0. The van der Waals surface area contributed by atoms with Crippen LogP contribution in [0.5, 0.6) is 0 Å². The van der Waals surface area contributed by atoms with Crippen LogP contribution in [0.3, 0.4) is 0 Å². The monoisotopic (exact) mass is 194 g/mol. The van der Waals surface area contributed by atoms with Gasteiger partial charge in [0.2, 0.25) is 0 Å². The Bertz CT molecular complexity index is 269. The van der Waals surface area contributed by atoms with Crippen molar-refractivity contribution in [1.82, 2.24) is 0 Å². The molecule has 0 radical (unpaired) electrons. The van der Waals surface area contributed by atoms with E-state index in [-0.39, 0.29) is 19.2 Å². The Morgan fingerprint density at radius 1 is 1.21 bits per heavy atom. The molecule has 14 heavy (non-hydrogen) atoms. The average Bonchev–Trinajstić information content (AvgIpc) is 2.25. The van der Waals surface area contributed by atoms with E-state index in [4.69, 9.17) is 9.47 Å². The molecule has 0 bridgehead atoms. The van der Waals surface area contributed by atoms with Crippen molar-refractivity contribution in [3.05, 3.63) is 35.9 Å². The van der Waals surface area contributed by atoms with E-state index in [0.717, 1.165) is 0 Å². The van der Waals surface area contributed by atoms with Gasteiger partial charge in [-0.25, -0.2) is 0 Å². The highest BCUT2D eigenvalue weighted by Gasteiger charge is 2.03. The molecular weight excluding hydrogens is 180 g/mol. The van der Waals surface area contributed by atoms with Gasteiger partial charge in [-0.3, -0.25) is 4.79 Å². The number of carbonyl (C=O) groups excluding carboxylic acids is 1. The summed E-state index contributed by atoms with van der Waals surface area (Å²) in [6, 6.07) is 9.07. The molecule has 0 spiro atoms. The molecule has 1 aromatic carbocycles. The van der Waals surface area contributed by atoms with Crippen LogP contribution in [-0.4, -0.2) is 25.8 Å². The van der Waals surface area contributed by atoms with Crippen LogP contribution in [-0.2, 0) is 9.47 Å². The van der Waals surface area contributed by atoms with Crippen LogP contribution in [0, 0.1) is 0 Å². The summed E-state index contributed by atoms with van der Waals surface area (Å²) in [7, 11) is 0. The molecule has 0 N–H and O–H groups in total. The Morgan fingerprint density at radius 3 is 2.57 bits per heavy atom. The standard InChI is InChI=1S/C11H14O3/c1-2-13-9-14-8-11(12)10-6-4-3-5-7-10/h3-7H,2,8-9H2,1H3. The fraction of sp³-hybridized carbons (Fsp3) is 0.364. The second kappa shape index (κ2) is 6.29. The van der Waals surface area contributed by atoms with Gasteiger partial charge >= 0.3 is 0 Å². The largest absolute Gasteiger partial charge is 0.356 e. The van der Waals surface area contributed by atoms with Gasteiger partial charge in [-0.05, 0) is 6.92 Å². The van der Waals surface area contributed by atoms with Crippen molar-refractivity contribution in [3.8, 4) is 0 Å². The summed E-state index contributed by atoms with van der Waals surface area (Å²) in [5.74, 6) is -0.0229. The number of benzene rings is 1. The van der Waals surface area contributed by atoms with Gasteiger partial charge in [0.15, 0.2) is 5.78 Å². The molecule has 1 aromatic rings. The summed E-state index contributed by atoms with van der Waals surface area (Å²) in [6.45, 7) is 2.72. The van der Waals surface area contributed by atoms with Crippen LogP contribution in [0.25, 0.3) is 0 Å². The lowest BCUT2D eigenvalue weighted by atomic mass is 10.1. The number of hydrogen-bond acceptors (Lipinski definition) is 3. The first-order chi connectivity index (χ1) is 6.84. The Labute approximate surface area is 83.6 Å². The Hall–Kier alpha value is -1.19. The maximum Gasteiger partial charge on any atom is 0.188 e. The number of Topliss-reactive ketones (excluding diaryl/α,β-unsaturated/α-hetero) is 1. The zero-order chi connectivity index (χ0) is 10.2. The summed E-state index contributed by atoms with van der Waals surface area (Å²) < 4.78 is 9.96. The lowest BCUT2D eigenvalue weighted by molar-refractivity contribution is -0.0423. The maximum absolute atomic E-state index is 11.4. The van der Waals surface area contributed by atoms with Crippen LogP contribution >= 0.6 is 0 Å². The van der Waals surface area contributed by atoms with E-state index < -0.39 is 0 Å². The van der Waals surface area contributed by atoms with E-state index in [1.165, 1.54) is 0 Å². The van der Waals surface area contributed by atoms with E-state index in [1.807, 2.05) is 25.1 Å². The second-order valence-corrected chi connectivity index (χ2v) is 2.75. The summed E-state index contributed by atoms with van der Waals surface area (Å²) in [5, 5.41) is 0. The zero-order valence-electron chi connectivity index (χ0n) is 8.23. The smallest absolute Gasteiger partial charge is 0.188 e. The third kappa shape index (κ3) is 3.68. The minimum absolute atomic E-state index is 0.0229. The molecule has 1 rings (SSSR count). The van der Waals surface area contributed by atoms with Gasteiger partial charge < -0.3 is 9.47 Å². The molecule has 0 saturated carbocycles. The van der Waals surface area contributed by atoms with Crippen molar-refractivity contribution in [1.29, 1.82) is 0 Å². The second-order valence-electron chi connectivity index (χ2n) is 2.75. The fourth-order valence-corrected chi connectivity index (χ4v) is 0.984. The molecule has 0 aliphatic heterocycles. The summed E-state index contributed by atoms with van der Waals surface area (Å²) in [4.78, 5) is 11.4. The quantitative estimate of drug-likeness (QED) is 0.394. The van der Waals surface area contributed by atoms with Crippen molar-refractivity contribution in [2.75, 3.05) is 20.0 Å². The molecule has 0 saturated heterocycles. The van der Waals surface area contributed by atoms with Gasteiger partial charge in [0, 0.05) is 12.2 Å². The van der Waals surface area contributed by atoms with Crippen molar-refractivity contribution >= 4 is 5.78 Å². The third-order valence-corrected chi connectivity index (χ3v) is 1.70. The minimum Gasteiger partial charge on any atom is -0.356 e. The zero-order valence-corrected chi connectivity index (χ0v) is 8.23. The topological polar surface area (TPSA) is 35.5 Å². The van der Waals surface area contributed by atoms with Crippen molar-refractivity contribution in [3.63, 3.8) is 0 Å². The van der Waals surface area contributed by atoms with E-state index in [9.17, 15) is 4.79 Å². The summed E-state index contributed by atoms with van der Waals surface area (Å²) in [5.41, 5.74) is 0.670. The SMILES string of the molecule is CCOCOCC(=O)c1ccccc1. The van der Waals surface area contributed by atoms with Crippen LogP contribution in [0.1, 0.15) is 17.3 Å². The first-order valence-corrected chi connectivity index (χ1v) is 4.58. The van der Waals surface area contributed by atoms with Gasteiger partial charge in [-0.15, -0.1) is 0 Å². The van der Waals surface area contributed by atoms with Crippen LogP contribution in [0.4, 0.5) is 0 Å². The molecular formula is C11H14O3. The van der Waals surface area contributed by atoms with E-state index >= 15 is 0 Å². The van der Waals surface area contributed by atoms with Crippen molar-refractivity contribution in [2.45, 2.75) is 6.92 Å². The summed E-state index contributed by atoms with van der Waals surface area (Å²) in [6.07, 6.45) is 0. The van der Waals surface area contributed by atoms with Crippen LogP contribution in [0.2, 0.25) is 0 Å². The van der Waals surface area contributed by atoms with Crippen LogP contribution < -0.4 is 0 Å². The lowest BCUT2D eigenvalue weighted by Crippen LogP contribution is -2.11. The number of carbonyl (C=O) groups is 1. The van der Waals surface area contributed by atoms with Gasteiger partial charge in [0.1, 0.15) is 13.4 Å². The van der Waals surface area contributed by atoms with Gasteiger partial charge in [0.05, 0.1) is 0 Å². The van der Waals surface area contributed by atoms with Crippen molar-refractivity contribution in [2.24, 2.45) is 0 Å². The highest BCUT2D eigenvalue weighted by Crippen LogP contribution is 1.99. The minimum atomic E-state index is -0.0229. The normalized spacial score (nSPS) is 10.1. The third-order valence-electron chi connectivity index (χ3n) is 1.70. The Balaban J connectivity index is 2.29. The highest BCUT2D eigenvalue weighted by molar-refractivity contribution is 5.96. The molecule has 3 heteroatoms. The predicted molar refractivity (Wildman–Crippen MR) is 53.2 cm³/mol. The molecule has 0 aromatic heterocycles. The van der Waals surface area contributed by atoms with Crippen LogP contribution in [0.15, 0.2) is 30.3 Å². The van der Waals surface area contributed by atoms with E-state index in [1.54, 1.807) is 12.1 Å². The highest BCUT2D eigenvalue weighted by atomic mass is 16.7. The van der Waals surface area contributed by atoms with Crippen molar-refractivity contribution < 1.29 is 14.3 Å². The molecule has 0 fully saturated rings. The maximum atomic E-state index is 11.4. The average molecular weight is 194 g/mol. The molecule has 0 atom stereocenters. The number of ketones is 1. The Kier molecular flexibility index (Phi) is 4.89. The molecule has 0 heterocycles. The first-order valence-electron chi connectivity index (χ1n) is 4.58. The fourth-order valence-electron chi connectivity index (χ4n) is 0.984. The number of hydrogen-bond donors (Lipinski definition) is 0. The molecule has 76 valence electrons. The molecule has 0 aliphatic carbocycles. The Morgan fingerprint density at radius 2 is 1.93 bits per heavy atom. The lowest BCUT2D eigenvalue weighted by Gasteiger charge is -2.02. The van der Waals surface area contributed by atoms with E-state index in [0.29, 0.717) is 12.2 Å². The van der Waals surface area contributed by atoms with Gasteiger partial charge in [0.25, 0.3) is 0 Å². The molecule has 0 unspecified atom stereocenters. The molecule has 0 amide bonds. The van der Waals surface area contributed by atoms with E-state index in [2.05, 4.69) is 0 Å². The molecule has 0 aliphatic rings. The van der Waals surface area contributed by atoms with Gasteiger partial charge in [-0.2, -0.15) is 0 Å².